The van der Waals surface area contributed by atoms with Crippen LogP contribution in [-0.4, -0.2) is 51.6 Å². The molecule has 0 aliphatic carbocycles. The van der Waals surface area contributed by atoms with Crippen molar-refractivity contribution in [2.24, 2.45) is 0 Å². The molecule has 1 unspecified atom stereocenters. The standard InChI is InChI=1S/C30H24OP2.C20H13N2.C20H15N2.C16H11N2.C13H9N4.C11H8N.C10H11BN2.C5H8O2.Cu.Pt/c1-4-14-24(15-5-1)32-29-22-12-10-20-27(29)31-28-21-11-13-23-30(28)33(25-16-6-2-7-17-25)26-18-8-3-9-19-26;1-2-9-16-14(7-1)15-8-5-6-13-12-21-17-10-3-4-11-18(17)22(16)20(21)19(13)15;1-2-9-16(10-3-1)22-19-13-7-6-12-18(19)21-14-15-8-4-5-11-17(15)20(21)22;1-2-7-14-13(6-1)17-9-8-11-4-3-5-12-10-18(14)16(17)15(11)12;1-2-6-10(7-3-1)12-15-13(17-16-12)11-8-4-5-9-14-11;1-2-6-10(7-3-1)11-8-4-5-9-12-11;1-4-8-13-9-12-7-3-2-6-11-10(13)5-1;1-4(6)3-5(2)7;;/h1-23,32H;1-11H,12H2;1-13H,14H2;1-9H,10H2;1-9H;1-6,8-9H;1-8,12H,9H2;3,6H,1-2H3;;/q;3*+1;2*-1;+1;;+1;/p+1/b;;;;;;6-2-,7-3-;4-3-;;. The second-order valence-corrected chi connectivity index (χ2v) is 38.6. The molecule has 0 saturated heterocycles. The Morgan fingerprint density at radius 2 is 1.06 bits per heavy atom. The van der Waals surface area contributed by atoms with Crippen LogP contribution in [0.1, 0.15) is 30.5 Å². The van der Waals surface area contributed by atoms with Crippen molar-refractivity contribution < 1.29 is 71.0 Å². The van der Waals surface area contributed by atoms with Gasteiger partial charge in [-0.1, -0.05) is 294 Å². The second-order valence-electron chi connectivity index (χ2n) is 34.8. The minimum atomic E-state index is -1.22. The van der Waals surface area contributed by atoms with Gasteiger partial charge in [-0.2, -0.15) is 17.9 Å². The second kappa shape index (κ2) is 46.7. The van der Waals surface area contributed by atoms with Crippen molar-refractivity contribution in [2.75, 3.05) is 0 Å². The summed E-state index contributed by atoms with van der Waals surface area (Å²) < 4.78 is 23.3. The van der Waals surface area contributed by atoms with Crippen LogP contribution in [0.2, 0.25) is 0 Å². The zero-order valence-electron chi connectivity index (χ0n) is 80.0. The molecule has 0 bridgehead atoms. The van der Waals surface area contributed by atoms with Gasteiger partial charge in [0.05, 0.1) is 39.8 Å². The molecule has 9 aromatic heterocycles. The summed E-state index contributed by atoms with van der Waals surface area (Å²) in [5.41, 5.74) is 23.5. The van der Waals surface area contributed by atoms with E-state index in [1.807, 2.05) is 127 Å². The predicted octanol–water partition coefficient (Wildman–Crippen LogP) is 22.1. The van der Waals surface area contributed by atoms with Crippen molar-refractivity contribution in [1.82, 2.24) is 43.8 Å². The van der Waals surface area contributed by atoms with E-state index < -0.39 is 7.92 Å². The number of fused-ring (bicyclic) bond motifs is 15. The van der Waals surface area contributed by atoms with Gasteiger partial charge in [-0.15, -0.1) is 41.9 Å². The molecule has 21 heteroatoms. The fourth-order valence-electron chi connectivity index (χ4n) is 19.1. The van der Waals surface area contributed by atoms with Crippen LogP contribution < -0.4 is 65.5 Å². The molecule has 16 nitrogen and oxygen atoms in total. The van der Waals surface area contributed by atoms with E-state index in [-0.39, 0.29) is 49.7 Å². The summed E-state index contributed by atoms with van der Waals surface area (Å²) in [6, 6.07) is 157. The number of aliphatic hydroxyl groups excluding tert-OH is 1. The third-order valence-electron chi connectivity index (χ3n) is 25.4. The number of hydrogen-bond donors (Lipinski definition) is 2. The van der Waals surface area contributed by atoms with Crippen molar-refractivity contribution in [3.63, 3.8) is 0 Å². The number of para-hydroxylation sites is 10. The Morgan fingerprint density at radius 1 is 0.500 bits per heavy atom. The van der Waals surface area contributed by atoms with Crippen LogP contribution in [0.3, 0.4) is 0 Å². The summed E-state index contributed by atoms with van der Waals surface area (Å²) >= 11 is 0. The summed E-state index contributed by atoms with van der Waals surface area (Å²) in [6.45, 7) is 6.57. The number of ketones is 1. The maximum Gasteiger partial charge on any atom is 1.00 e. The molecule has 24 aromatic rings. The molecule has 28 rings (SSSR count). The molecule has 4 aliphatic rings. The molecule has 0 spiro atoms. The summed E-state index contributed by atoms with van der Waals surface area (Å²) in [5, 5.41) is 33.0. The Kier molecular flexibility index (Phi) is 31.4. The Bertz CT molecular complexity index is 8660. The first-order chi connectivity index (χ1) is 71.2. The zero-order chi connectivity index (χ0) is 97.3. The van der Waals surface area contributed by atoms with E-state index in [0.29, 0.717) is 20.2 Å². The van der Waals surface area contributed by atoms with E-state index in [4.69, 9.17) is 9.84 Å². The first kappa shape index (κ1) is 98.3. The van der Waals surface area contributed by atoms with Gasteiger partial charge in [0.2, 0.25) is 6.67 Å². The van der Waals surface area contributed by atoms with E-state index in [0.717, 1.165) is 60.3 Å². The van der Waals surface area contributed by atoms with Crippen molar-refractivity contribution in [3.8, 4) is 62.7 Å². The van der Waals surface area contributed by atoms with Crippen LogP contribution in [0.4, 0.5) is 0 Å². The molecule has 15 aromatic carbocycles. The summed E-state index contributed by atoms with van der Waals surface area (Å²) in [4.78, 5) is 22.8. The molecule has 0 fully saturated rings. The number of hydrogen-bond acceptors (Lipinski definition) is 8. The summed E-state index contributed by atoms with van der Waals surface area (Å²) in [7, 11) is 1.42. The SMILES string of the molecule is CC(=O)/C=C(/C)O.[B]1/C=C\C=C/NC[n+]2ccccc21.[Cu+].[Pt].[c-]1ccccc1-c1ccccn1.c1cc2c3c(c1)c1ccccc1n1c4ccccc4[n+](c31)C2.c1cc2c3c(c1)ccn1c4ccccc4[n+](c31)C2.c1ccc(-c2n[n-]c(-c3ccccn3)n2)cc1.c1ccc(-n2c3[n+](c4ccccc42)Cc2ccccc2-3)cc1.c1ccc(Pc2ccccc2Oc2ccccc2[PH+](c2ccccc2)c2ccccc2)cc1. The number of aromatic nitrogens is 12. The predicted molar refractivity (Wildman–Crippen MR) is 589 cm³/mol. The first-order valence-electron chi connectivity index (χ1n) is 48.1. The van der Waals surface area contributed by atoms with Crippen LogP contribution in [0, 0.1) is 6.07 Å². The molecule has 713 valence electrons. The number of nitrogens with one attached hydrogen (secondary N) is 1. The largest absolute Gasteiger partial charge is 1.00 e. The molecular formula is C125H100BCuN13O3P2Pt+4. The number of carbonyl (C=O) groups excluding carboxylic acids is 1. The number of carbonyl (C=O) groups is 1. The van der Waals surface area contributed by atoms with E-state index in [9.17, 15) is 4.79 Å². The van der Waals surface area contributed by atoms with Crippen LogP contribution in [-0.2, 0) is 69.2 Å². The molecule has 0 amide bonds. The molecule has 146 heavy (non-hydrogen) atoms. The van der Waals surface area contributed by atoms with E-state index in [2.05, 4.69) is 428 Å². The van der Waals surface area contributed by atoms with Gasteiger partial charge in [0.25, 0.3) is 24.4 Å². The molecule has 4 aliphatic heterocycles. The average molecular weight is 2160 g/mol. The van der Waals surface area contributed by atoms with Crippen LogP contribution in [0.25, 0.3) is 128 Å². The van der Waals surface area contributed by atoms with Crippen LogP contribution in [0.5, 0.6) is 11.5 Å². The van der Waals surface area contributed by atoms with Gasteiger partial charge in [0.15, 0.2) is 50.8 Å². The molecule has 1 radical (unpaired) electrons. The Morgan fingerprint density at radius 3 is 1.76 bits per heavy atom. The van der Waals surface area contributed by atoms with Gasteiger partial charge in [0.1, 0.15) is 66.0 Å². The Hall–Kier alpha value is -16.5. The van der Waals surface area contributed by atoms with Gasteiger partial charge in [-0.25, -0.2) is 13.7 Å². The number of aliphatic hydroxyl groups is 1. The number of nitrogens with zero attached hydrogens (tertiary/aromatic N) is 12. The van der Waals surface area contributed by atoms with Crippen molar-refractivity contribution in [3.05, 3.63) is 527 Å². The number of ether oxygens (including phenoxy) is 1. The molecule has 13 heterocycles. The third-order valence-corrected chi connectivity index (χ3v) is 29.5. The first-order valence-corrected chi connectivity index (χ1v) is 50.6. The third kappa shape index (κ3) is 21.6. The van der Waals surface area contributed by atoms with Gasteiger partial charge in [0, 0.05) is 84.6 Å². The van der Waals surface area contributed by atoms with E-state index >= 15 is 0 Å². The van der Waals surface area contributed by atoms with Gasteiger partial charge < -0.3 is 30.2 Å². The zero-order valence-corrected chi connectivity index (χ0v) is 85.2. The number of benzene rings is 15. The smallest absolute Gasteiger partial charge is 0.512 e. The quantitative estimate of drug-likeness (QED) is 0.0231. The molecule has 1 atom stereocenters. The number of pyridine rings is 5. The molecule has 0 saturated carbocycles. The minimum absolute atomic E-state index is 0. The number of imidazole rings is 3. The normalized spacial score (nSPS) is 12.3. The average Bonchev–Trinajstić information content (AvgIpc) is 2.51. The fraction of sp³-hybridized carbons (Fsp3) is 0.0480. The topological polar surface area (TPSA) is 153 Å². The number of rotatable bonds is 12. The minimum Gasteiger partial charge on any atom is -0.512 e. The van der Waals surface area contributed by atoms with E-state index in [1.165, 1.54) is 163 Å². The summed E-state index contributed by atoms with van der Waals surface area (Å²) in [6.07, 6.45) is 14.9. The van der Waals surface area contributed by atoms with Crippen molar-refractivity contribution in [1.29, 1.82) is 0 Å². The van der Waals surface area contributed by atoms with Crippen LogP contribution in [0.15, 0.2) is 504 Å². The van der Waals surface area contributed by atoms with E-state index in [1.54, 1.807) is 12.4 Å². The van der Waals surface area contributed by atoms with Gasteiger partial charge in [-0.05, 0) is 181 Å². The van der Waals surface area contributed by atoms with Crippen LogP contribution >= 0.6 is 16.5 Å². The molecular weight excluding hydrogens is 2060 g/mol. The monoisotopic (exact) mass is 2160 g/mol. The fourth-order valence-corrected chi connectivity index (χ4v) is 22.9. The Labute approximate surface area is 876 Å². The molecule has 2 N–H and O–H groups in total. The van der Waals surface area contributed by atoms with Crippen molar-refractivity contribution >= 4 is 139 Å². The maximum atomic E-state index is 10.0. The van der Waals surface area contributed by atoms with Gasteiger partial charge >= 0.3 is 17.1 Å². The maximum absolute atomic E-state index is 10.0. The van der Waals surface area contributed by atoms with Crippen molar-refractivity contribution in [2.45, 2.75) is 40.2 Å². The number of allylic oxidation sites excluding steroid dienone is 4. The van der Waals surface area contributed by atoms with Gasteiger partial charge in [-0.3, -0.25) is 14.9 Å². The summed E-state index contributed by atoms with van der Waals surface area (Å²) in [5.74, 6) is 6.31. The Balaban J connectivity index is 0.000000108.